The van der Waals surface area contributed by atoms with E-state index in [-0.39, 0.29) is 36.2 Å². The van der Waals surface area contributed by atoms with Gasteiger partial charge in [0.1, 0.15) is 0 Å². The number of nitrogens with one attached hydrogen (secondary N) is 2. The number of aryl methyl sites for hydroxylation is 1. The topological polar surface area (TPSA) is 84.2 Å². The summed E-state index contributed by atoms with van der Waals surface area (Å²) in [5.41, 5.74) is 8.38. The van der Waals surface area contributed by atoms with Crippen molar-refractivity contribution in [1.29, 1.82) is 0 Å². The highest BCUT2D eigenvalue weighted by molar-refractivity contribution is 5.96. The zero-order valence-corrected chi connectivity index (χ0v) is 16.2. The summed E-state index contributed by atoms with van der Waals surface area (Å²) in [6, 6.07) is 5.91. The minimum Gasteiger partial charge on any atom is -0.349 e. The third kappa shape index (κ3) is 5.21. The minimum atomic E-state index is -0.0233. The van der Waals surface area contributed by atoms with Gasteiger partial charge in [-0.15, -0.1) is 12.4 Å². The fraction of sp³-hybridized carbons (Fsp3) is 0.600. The molecule has 0 aromatic heterocycles. The van der Waals surface area contributed by atoms with Crippen molar-refractivity contribution in [2.75, 3.05) is 5.32 Å². The molecule has 2 saturated carbocycles. The molecule has 2 aliphatic rings. The smallest absolute Gasteiger partial charge is 0.251 e. The van der Waals surface area contributed by atoms with Crippen LogP contribution in [0, 0.1) is 12.8 Å². The molecule has 2 fully saturated rings. The number of carbonyl (C=O) groups excluding carboxylic acids is 2. The number of halogens is 1. The Morgan fingerprint density at radius 2 is 1.85 bits per heavy atom. The molecule has 1 aromatic carbocycles. The van der Waals surface area contributed by atoms with Gasteiger partial charge in [-0.05, 0) is 62.3 Å². The van der Waals surface area contributed by atoms with Crippen LogP contribution in [0.1, 0.15) is 67.3 Å². The van der Waals surface area contributed by atoms with Crippen LogP contribution in [0.3, 0.4) is 0 Å². The van der Waals surface area contributed by atoms with Gasteiger partial charge >= 0.3 is 0 Å². The molecular formula is C20H30ClN3O2. The van der Waals surface area contributed by atoms with Crippen molar-refractivity contribution in [3.63, 3.8) is 0 Å². The molecule has 0 aliphatic heterocycles. The average Bonchev–Trinajstić information content (AvgIpc) is 3.22. The molecule has 0 heterocycles. The summed E-state index contributed by atoms with van der Waals surface area (Å²) < 4.78 is 0. The van der Waals surface area contributed by atoms with Crippen LogP contribution in [0.15, 0.2) is 18.2 Å². The van der Waals surface area contributed by atoms with E-state index >= 15 is 0 Å². The summed E-state index contributed by atoms with van der Waals surface area (Å²) in [4.78, 5) is 24.6. The zero-order valence-electron chi connectivity index (χ0n) is 15.4. The van der Waals surface area contributed by atoms with Gasteiger partial charge in [0.05, 0.1) is 0 Å². The van der Waals surface area contributed by atoms with Gasteiger partial charge in [-0.25, -0.2) is 0 Å². The van der Waals surface area contributed by atoms with Crippen molar-refractivity contribution in [2.45, 2.75) is 70.4 Å². The van der Waals surface area contributed by atoms with Crippen molar-refractivity contribution in [3.05, 3.63) is 29.3 Å². The summed E-state index contributed by atoms with van der Waals surface area (Å²) in [6.45, 7) is 1.92. The molecule has 0 spiro atoms. The van der Waals surface area contributed by atoms with Gasteiger partial charge in [0.2, 0.25) is 5.91 Å². The number of anilines is 1. The van der Waals surface area contributed by atoms with Crippen molar-refractivity contribution in [3.8, 4) is 0 Å². The zero-order chi connectivity index (χ0) is 17.8. The first-order valence-corrected chi connectivity index (χ1v) is 9.50. The molecule has 2 aliphatic carbocycles. The lowest BCUT2D eigenvalue weighted by Gasteiger charge is -2.16. The van der Waals surface area contributed by atoms with E-state index in [1.165, 1.54) is 12.8 Å². The van der Waals surface area contributed by atoms with E-state index < -0.39 is 0 Å². The molecule has 0 bridgehead atoms. The van der Waals surface area contributed by atoms with Crippen molar-refractivity contribution in [1.82, 2.24) is 5.32 Å². The quantitative estimate of drug-likeness (QED) is 0.731. The molecule has 1 aromatic rings. The number of rotatable bonds is 5. The predicted molar refractivity (Wildman–Crippen MR) is 107 cm³/mol. The molecule has 2 atom stereocenters. The Kier molecular flexibility index (Phi) is 7.47. The predicted octanol–water partition coefficient (Wildman–Crippen LogP) is 3.55. The van der Waals surface area contributed by atoms with Crippen LogP contribution in [0.25, 0.3) is 0 Å². The molecule has 6 heteroatoms. The molecular weight excluding hydrogens is 350 g/mol. The Balaban J connectivity index is 0.00000243. The number of carbonyl (C=O) groups is 2. The maximum absolute atomic E-state index is 12.3. The SMILES string of the molecule is Cc1cc(C(=O)NC2CCCC2)ccc1NC(=O)C[C@@H]1CCC[C@H]1N.Cl. The first-order valence-electron chi connectivity index (χ1n) is 9.50. The van der Waals surface area contributed by atoms with Gasteiger partial charge in [0.15, 0.2) is 0 Å². The first-order chi connectivity index (χ1) is 12.0. The summed E-state index contributed by atoms with van der Waals surface area (Å²) in [5, 5.41) is 6.07. The Morgan fingerprint density at radius 1 is 1.12 bits per heavy atom. The van der Waals surface area contributed by atoms with E-state index in [0.29, 0.717) is 18.0 Å². The Morgan fingerprint density at radius 3 is 2.46 bits per heavy atom. The lowest BCUT2D eigenvalue weighted by molar-refractivity contribution is -0.117. The number of benzene rings is 1. The molecule has 0 saturated heterocycles. The van der Waals surface area contributed by atoms with Crippen molar-refractivity contribution in [2.24, 2.45) is 11.7 Å². The highest BCUT2D eigenvalue weighted by Crippen LogP contribution is 2.27. The van der Waals surface area contributed by atoms with Gasteiger partial charge in [-0.1, -0.05) is 19.3 Å². The first kappa shape index (κ1) is 20.7. The molecule has 3 rings (SSSR count). The largest absolute Gasteiger partial charge is 0.349 e. The number of hydrogen-bond donors (Lipinski definition) is 3. The minimum absolute atomic E-state index is 0. The van der Waals surface area contributed by atoms with Crippen LogP contribution in [-0.4, -0.2) is 23.9 Å². The van der Waals surface area contributed by atoms with Crippen LogP contribution < -0.4 is 16.4 Å². The highest BCUT2D eigenvalue weighted by Gasteiger charge is 2.26. The van der Waals surface area contributed by atoms with Gasteiger partial charge in [0, 0.05) is 29.8 Å². The van der Waals surface area contributed by atoms with Gasteiger partial charge in [-0.2, -0.15) is 0 Å². The average molecular weight is 380 g/mol. The fourth-order valence-electron chi connectivity index (χ4n) is 4.04. The maximum atomic E-state index is 12.3. The molecule has 26 heavy (non-hydrogen) atoms. The highest BCUT2D eigenvalue weighted by atomic mass is 35.5. The standard InChI is InChI=1S/C20H29N3O2.ClH/c1-13-11-15(20(25)22-16-6-2-3-7-16)9-10-18(13)23-19(24)12-14-5-4-8-17(14)21;/h9-11,14,16-17H,2-8,12,21H2,1H3,(H,22,25)(H,23,24);1H/t14-,17+;/m0./s1. The molecule has 5 nitrogen and oxygen atoms in total. The number of nitrogens with two attached hydrogens (primary N) is 1. The van der Waals surface area contributed by atoms with Crippen LogP contribution in [0.5, 0.6) is 0 Å². The lowest BCUT2D eigenvalue weighted by Crippen LogP contribution is -2.32. The molecule has 4 N–H and O–H groups in total. The third-order valence-electron chi connectivity index (χ3n) is 5.62. The van der Waals surface area contributed by atoms with Crippen LogP contribution in [0.2, 0.25) is 0 Å². The van der Waals surface area contributed by atoms with Gasteiger partial charge in [-0.3, -0.25) is 9.59 Å². The van der Waals surface area contributed by atoms with Crippen LogP contribution >= 0.6 is 12.4 Å². The second kappa shape index (κ2) is 9.38. The van der Waals surface area contributed by atoms with E-state index in [2.05, 4.69) is 10.6 Å². The summed E-state index contributed by atoms with van der Waals surface area (Å²) >= 11 is 0. The van der Waals surface area contributed by atoms with E-state index in [9.17, 15) is 9.59 Å². The number of amides is 2. The van der Waals surface area contributed by atoms with Gasteiger partial charge < -0.3 is 16.4 Å². The van der Waals surface area contributed by atoms with Gasteiger partial charge in [0.25, 0.3) is 5.91 Å². The molecule has 0 radical (unpaired) electrons. The second-order valence-corrected chi connectivity index (χ2v) is 7.59. The Bertz CT molecular complexity index is 644. The van der Waals surface area contributed by atoms with E-state index in [1.807, 2.05) is 19.1 Å². The van der Waals surface area contributed by atoms with Crippen LogP contribution in [-0.2, 0) is 4.79 Å². The maximum Gasteiger partial charge on any atom is 0.251 e. The van der Waals surface area contributed by atoms with Crippen LogP contribution in [0.4, 0.5) is 5.69 Å². The van der Waals surface area contributed by atoms with E-state index in [4.69, 9.17) is 5.73 Å². The van der Waals surface area contributed by atoms with Crippen molar-refractivity contribution < 1.29 is 9.59 Å². The molecule has 2 amide bonds. The Labute approximate surface area is 161 Å². The Hall–Kier alpha value is -1.59. The fourth-order valence-corrected chi connectivity index (χ4v) is 4.04. The van der Waals surface area contributed by atoms with Crippen molar-refractivity contribution >= 4 is 29.9 Å². The summed E-state index contributed by atoms with van der Waals surface area (Å²) in [7, 11) is 0. The number of hydrogen-bond acceptors (Lipinski definition) is 3. The lowest BCUT2D eigenvalue weighted by atomic mass is 9.99. The normalized spacial score (nSPS) is 22.7. The molecule has 144 valence electrons. The second-order valence-electron chi connectivity index (χ2n) is 7.59. The monoisotopic (exact) mass is 379 g/mol. The third-order valence-corrected chi connectivity index (χ3v) is 5.62. The molecule has 0 unspecified atom stereocenters. The summed E-state index contributed by atoms with van der Waals surface area (Å²) in [6.07, 6.45) is 8.17. The van der Waals surface area contributed by atoms with E-state index in [0.717, 1.165) is 43.4 Å². The summed E-state index contributed by atoms with van der Waals surface area (Å²) in [5.74, 6) is 0.273. The van der Waals surface area contributed by atoms with E-state index in [1.54, 1.807) is 6.07 Å².